The van der Waals surface area contributed by atoms with Crippen molar-refractivity contribution < 1.29 is 14.2 Å². The number of nitrogens with zero attached hydrogens (tertiary/aromatic N) is 1. The lowest BCUT2D eigenvalue weighted by molar-refractivity contribution is -0.0402. The van der Waals surface area contributed by atoms with Gasteiger partial charge in [-0.05, 0) is 27.0 Å². The first-order valence-electron chi connectivity index (χ1n) is 4.31. The van der Waals surface area contributed by atoms with E-state index in [2.05, 4.69) is 0 Å². The molecule has 1 aliphatic heterocycles. The van der Waals surface area contributed by atoms with Crippen LogP contribution in [-0.4, -0.2) is 42.0 Å². The average molecular weight is 189 g/mol. The van der Waals surface area contributed by atoms with Crippen molar-refractivity contribution in [1.29, 1.82) is 0 Å². The van der Waals surface area contributed by atoms with Gasteiger partial charge >= 0.3 is 0 Å². The van der Waals surface area contributed by atoms with Gasteiger partial charge in [-0.25, -0.2) is 4.39 Å². The summed E-state index contributed by atoms with van der Waals surface area (Å²) >= 11 is 0. The van der Waals surface area contributed by atoms with Crippen LogP contribution in [0.5, 0.6) is 0 Å². The molecule has 1 saturated heterocycles. The Balaban J connectivity index is 2.66. The van der Waals surface area contributed by atoms with Crippen molar-refractivity contribution in [1.82, 2.24) is 4.90 Å². The third-order valence-corrected chi connectivity index (χ3v) is 2.48. The minimum atomic E-state index is -0.537. The molecule has 0 aliphatic carbocycles. The van der Waals surface area contributed by atoms with Gasteiger partial charge in [-0.1, -0.05) is 0 Å². The van der Waals surface area contributed by atoms with Crippen LogP contribution in [0.25, 0.3) is 0 Å². The number of aliphatic hydroxyl groups excluding tert-OH is 1. The van der Waals surface area contributed by atoms with E-state index in [0.717, 1.165) is 0 Å². The predicted octanol–water partition coefficient (Wildman–Crippen LogP) is 0.899. The summed E-state index contributed by atoms with van der Waals surface area (Å²) in [6, 6.07) is -0.0813. The summed E-state index contributed by atoms with van der Waals surface area (Å²) in [4.78, 5) is 1.93. The molecular formula is C9H16FNO2. The van der Waals surface area contributed by atoms with E-state index in [4.69, 9.17) is 9.84 Å². The van der Waals surface area contributed by atoms with Crippen LogP contribution in [-0.2, 0) is 4.74 Å². The quantitative estimate of drug-likeness (QED) is 0.700. The number of likely N-dealkylation sites (N-methyl/N-ethyl adjacent to an activating group) is 1. The molecule has 1 rings (SSSR count). The molecule has 13 heavy (non-hydrogen) atoms. The van der Waals surface area contributed by atoms with Gasteiger partial charge in [0.25, 0.3) is 0 Å². The summed E-state index contributed by atoms with van der Waals surface area (Å²) in [6.45, 7) is 3.79. The van der Waals surface area contributed by atoms with Gasteiger partial charge in [-0.15, -0.1) is 0 Å². The molecule has 0 aromatic carbocycles. The third-order valence-electron chi connectivity index (χ3n) is 2.48. The monoisotopic (exact) mass is 189 g/mol. The topological polar surface area (TPSA) is 32.7 Å². The SMILES string of the molecule is CN1[C@@H](/C=C(\F)CO)COC1(C)C. The number of aliphatic hydroxyl groups is 1. The highest BCUT2D eigenvalue weighted by atomic mass is 19.1. The first-order chi connectivity index (χ1) is 5.97. The first-order valence-corrected chi connectivity index (χ1v) is 4.31. The van der Waals surface area contributed by atoms with Gasteiger partial charge < -0.3 is 9.84 Å². The summed E-state index contributed by atoms with van der Waals surface area (Å²) in [5, 5.41) is 8.51. The zero-order chi connectivity index (χ0) is 10.1. The van der Waals surface area contributed by atoms with Gasteiger partial charge in [0.2, 0.25) is 0 Å². The summed E-state index contributed by atoms with van der Waals surface area (Å²) in [5.41, 5.74) is -0.350. The van der Waals surface area contributed by atoms with Crippen molar-refractivity contribution in [3.05, 3.63) is 11.9 Å². The standard InChI is InChI=1S/C9H16FNO2/c1-9(2)11(3)8(6-13-9)4-7(10)5-12/h4,8,12H,5-6H2,1-3H3/b7-4-/t8-/m0/s1. The lowest BCUT2D eigenvalue weighted by Crippen LogP contribution is -2.39. The number of hydrogen-bond acceptors (Lipinski definition) is 3. The lowest BCUT2D eigenvalue weighted by Gasteiger charge is -2.28. The van der Waals surface area contributed by atoms with Crippen LogP contribution in [0.1, 0.15) is 13.8 Å². The molecule has 0 aromatic rings. The van der Waals surface area contributed by atoms with Gasteiger partial charge in [0, 0.05) is 0 Å². The second-order valence-electron chi connectivity index (χ2n) is 3.71. The Morgan fingerprint density at radius 2 is 2.38 bits per heavy atom. The fourth-order valence-electron chi connectivity index (χ4n) is 1.32. The van der Waals surface area contributed by atoms with E-state index in [1.54, 1.807) is 0 Å². The Morgan fingerprint density at radius 1 is 1.77 bits per heavy atom. The minimum Gasteiger partial charge on any atom is -0.389 e. The van der Waals surface area contributed by atoms with Gasteiger partial charge in [0.1, 0.15) is 11.6 Å². The Labute approximate surface area is 77.8 Å². The fraction of sp³-hybridized carbons (Fsp3) is 0.778. The smallest absolute Gasteiger partial charge is 0.123 e. The molecule has 1 heterocycles. The van der Waals surface area contributed by atoms with Crippen LogP contribution in [0.2, 0.25) is 0 Å². The van der Waals surface area contributed by atoms with Crippen molar-refractivity contribution in [2.75, 3.05) is 20.3 Å². The maximum Gasteiger partial charge on any atom is 0.123 e. The average Bonchev–Trinajstić information content (AvgIpc) is 2.32. The van der Waals surface area contributed by atoms with E-state index < -0.39 is 12.4 Å². The van der Waals surface area contributed by atoms with Crippen molar-refractivity contribution in [3.63, 3.8) is 0 Å². The Bertz CT molecular complexity index is 216. The van der Waals surface area contributed by atoms with Crippen molar-refractivity contribution >= 4 is 0 Å². The number of rotatable bonds is 2. The van der Waals surface area contributed by atoms with Crippen molar-refractivity contribution in [3.8, 4) is 0 Å². The van der Waals surface area contributed by atoms with E-state index in [1.807, 2.05) is 25.8 Å². The molecule has 1 aliphatic rings. The van der Waals surface area contributed by atoms with Crippen molar-refractivity contribution in [2.24, 2.45) is 0 Å². The molecule has 0 saturated carbocycles. The van der Waals surface area contributed by atoms with Crippen LogP contribution in [0, 0.1) is 0 Å². The van der Waals surface area contributed by atoms with E-state index >= 15 is 0 Å². The first kappa shape index (κ1) is 10.6. The minimum absolute atomic E-state index is 0.0813. The van der Waals surface area contributed by atoms with Gasteiger partial charge in [-0.3, -0.25) is 4.90 Å². The summed E-state index contributed by atoms with van der Waals surface area (Å²) in [5.74, 6) is -0.502. The third kappa shape index (κ3) is 2.27. The molecule has 0 unspecified atom stereocenters. The Morgan fingerprint density at radius 3 is 2.77 bits per heavy atom. The van der Waals surface area contributed by atoms with E-state index in [-0.39, 0.29) is 11.8 Å². The lowest BCUT2D eigenvalue weighted by atomic mass is 10.2. The zero-order valence-electron chi connectivity index (χ0n) is 8.25. The Hall–Kier alpha value is -0.450. The highest BCUT2D eigenvalue weighted by molar-refractivity contribution is 5.03. The molecule has 1 atom stereocenters. The second-order valence-corrected chi connectivity index (χ2v) is 3.71. The number of hydrogen-bond donors (Lipinski definition) is 1. The molecule has 1 N–H and O–H groups in total. The van der Waals surface area contributed by atoms with Crippen LogP contribution in [0.4, 0.5) is 4.39 Å². The van der Waals surface area contributed by atoms with Crippen molar-refractivity contribution in [2.45, 2.75) is 25.6 Å². The van der Waals surface area contributed by atoms with E-state index in [9.17, 15) is 4.39 Å². The van der Waals surface area contributed by atoms with Crippen LogP contribution in [0.3, 0.4) is 0 Å². The van der Waals surface area contributed by atoms with Gasteiger partial charge in [-0.2, -0.15) is 0 Å². The second kappa shape index (κ2) is 3.74. The molecule has 0 aromatic heterocycles. The molecule has 3 nitrogen and oxygen atoms in total. The Kier molecular flexibility index (Phi) is 3.05. The molecule has 0 amide bonds. The summed E-state index contributed by atoms with van der Waals surface area (Å²) < 4.78 is 18.2. The van der Waals surface area contributed by atoms with Crippen LogP contribution < -0.4 is 0 Å². The van der Waals surface area contributed by atoms with Crippen LogP contribution >= 0.6 is 0 Å². The number of halogens is 1. The van der Waals surface area contributed by atoms with Crippen LogP contribution in [0.15, 0.2) is 11.9 Å². The highest BCUT2D eigenvalue weighted by Gasteiger charge is 2.36. The maximum atomic E-state index is 12.7. The largest absolute Gasteiger partial charge is 0.389 e. The van der Waals surface area contributed by atoms with Gasteiger partial charge in [0.15, 0.2) is 0 Å². The van der Waals surface area contributed by atoms with Gasteiger partial charge in [0.05, 0.1) is 19.3 Å². The predicted molar refractivity (Wildman–Crippen MR) is 47.9 cm³/mol. The maximum absolute atomic E-state index is 12.7. The normalized spacial score (nSPS) is 29.6. The van der Waals surface area contributed by atoms with E-state index in [1.165, 1.54) is 6.08 Å². The summed E-state index contributed by atoms with van der Waals surface area (Å²) in [7, 11) is 1.87. The molecule has 0 bridgehead atoms. The highest BCUT2D eigenvalue weighted by Crippen LogP contribution is 2.26. The fourth-order valence-corrected chi connectivity index (χ4v) is 1.32. The zero-order valence-corrected chi connectivity index (χ0v) is 8.25. The molecule has 1 fully saturated rings. The molecule has 76 valence electrons. The molecular weight excluding hydrogens is 173 g/mol. The molecule has 4 heteroatoms. The van der Waals surface area contributed by atoms with E-state index in [0.29, 0.717) is 6.61 Å². The summed E-state index contributed by atoms with van der Waals surface area (Å²) in [6.07, 6.45) is 1.40. The number of ether oxygens (including phenoxy) is 1. The molecule has 0 radical (unpaired) electrons. The molecule has 0 spiro atoms.